The quantitative estimate of drug-likeness (QED) is 0.565. The van der Waals surface area contributed by atoms with Gasteiger partial charge in [-0.1, -0.05) is 51.6 Å². The number of benzene rings is 1. The summed E-state index contributed by atoms with van der Waals surface area (Å²) in [5.74, 6) is 0. The molecule has 3 nitrogen and oxygen atoms in total. The van der Waals surface area contributed by atoms with Crippen LogP contribution in [-0.4, -0.2) is 21.9 Å². The van der Waals surface area contributed by atoms with Gasteiger partial charge in [-0.25, -0.2) is 15.0 Å². The molecule has 1 atom stereocenters. The third-order valence-corrected chi connectivity index (χ3v) is 12.5. The van der Waals surface area contributed by atoms with Crippen molar-refractivity contribution in [1.29, 1.82) is 0 Å². The molecule has 0 saturated heterocycles. The first-order valence-electron chi connectivity index (χ1n) is 7.59. The van der Waals surface area contributed by atoms with Crippen molar-refractivity contribution < 1.29 is 8.42 Å². The third kappa shape index (κ3) is 4.20. The minimum absolute atomic E-state index is 0.202. The van der Waals surface area contributed by atoms with Gasteiger partial charge in [-0.05, 0) is 30.1 Å². The van der Waals surface area contributed by atoms with E-state index >= 15 is 0 Å². The van der Waals surface area contributed by atoms with Crippen LogP contribution in [0.25, 0.3) is 4.85 Å². The minimum atomic E-state index is -3.57. The van der Waals surface area contributed by atoms with E-state index < -0.39 is 23.3 Å². The smallest absolute Gasteiger partial charge is 0.296 e. The molecule has 122 valence electrons. The highest BCUT2D eigenvalue weighted by Crippen LogP contribution is 2.40. The fourth-order valence-corrected chi connectivity index (χ4v) is 5.38. The topological polar surface area (TPSA) is 38.5 Å². The van der Waals surface area contributed by atoms with Crippen LogP contribution in [0.1, 0.15) is 32.8 Å². The number of hydrogen-bond donors (Lipinski definition) is 0. The second-order valence-electron chi connectivity index (χ2n) is 7.61. The maximum absolute atomic E-state index is 12.6. The lowest BCUT2D eigenvalue weighted by Crippen LogP contribution is -2.38. The van der Waals surface area contributed by atoms with Gasteiger partial charge in [0.2, 0.25) is 0 Å². The highest BCUT2D eigenvalue weighted by atomic mass is 32.2. The van der Waals surface area contributed by atoms with Crippen molar-refractivity contribution >= 4 is 17.9 Å². The molecule has 0 amide bonds. The van der Waals surface area contributed by atoms with E-state index in [0.29, 0.717) is 6.42 Å². The Morgan fingerprint density at radius 3 is 2.09 bits per heavy atom. The number of sulfone groups is 1. The minimum Gasteiger partial charge on any atom is -0.296 e. The molecular weight excluding hydrogens is 310 g/mol. The van der Waals surface area contributed by atoms with Gasteiger partial charge in [0.25, 0.3) is 9.84 Å². The first-order chi connectivity index (χ1) is 9.91. The zero-order valence-electron chi connectivity index (χ0n) is 14.5. The molecule has 0 N–H and O–H groups in total. The molecular formula is C17H27NO2SSi. The molecule has 0 aromatic heterocycles. The predicted molar refractivity (Wildman–Crippen MR) is 95.4 cm³/mol. The van der Waals surface area contributed by atoms with Crippen molar-refractivity contribution in [3.8, 4) is 0 Å². The van der Waals surface area contributed by atoms with Crippen LogP contribution >= 0.6 is 0 Å². The fraction of sp³-hybridized carbons (Fsp3) is 0.588. The molecule has 0 aliphatic rings. The maximum Gasteiger partial charge on any atom is 0.324 e. The molecule has 0 saturated carbocycles. The fourth-order valence-electron chi connectivity index (χ4n) is 2.03. The van der Waals surface area contributed by atoms with E-state index in [1.165, 1.54) is 0 Å². The van der Waals surface area contributed by atoms with Gasteiger partial charge in [-0.3, -0.25) is 4.85 Å². The molecule has 0 bridgehead atoms. The van der Waals surface area contributed by atoms with Gasteiger partial charge in [-0.15, -0.1) is 0 Å². The summed E-state index contributed by atoms with van der Waals surface area (Å²) in [5, 5.41) is -0.767. The Morgan fingerprint density at radius 2 is 1.68 bits per heavy atom. The van der Waals surface area contributed by atoms with E-state index in [1.54, 1.807) is 24.3 Å². The molecule has 22 heavy (non-hydrogen) atoms. The van der Waals surface area contributed by atoms with Crippen LogP contribution in [0, 0.1) is 13.5 Å². The summed E-state index contributed by atoms with van der Waals surface area (Å²) in [6.07, 6.45) is 0.427. The molecule has 0 heterocycles. The molecule has 5 heteroatoms. The predicted octanol–water partition coefficient (Wildman–Crippen LogP) is 4.91. The molecule has 1 rings (SSSR count). The van der Waals surface area contributed by atoms with Crippen molar-refractivity contribution in [3.05, 3.63) is 41.2 Å². The van der Waals surface area contributed by atoms with Gasteiger partial charge in [-0.2, -0.15) is 0 Å². The number of aryl methyl sites for hydroxylation is 1. The second kappa shape index (κ2) is 6.55. The average Bonchev–Trinajstić information content (AvgIpc) is 2.38. The zero-order valence-corrected chi connectivity index (χ0v) is 16.3. The normalized spacial score (nSPS) is 14.4. The number of rotatable bonds is 5. The van der Waals surface area contributed by atoms with Crippen molar-refractivity contribution in [2.75, 3.05) is 0 Å². The zero-order chi connectivity index (χ0) is 17.2. The summed E-state index contributed by atoms with van der Waals surface area (Å²) in [6, 6.07) is 7.61. The molecule has 0 spiro atoms. The van der Waals surface area contributed by atoms with Crippen LogP contribution in [0.3, 0.4) is 0 Å². The summed E-state index contributed by atoms with van der Waals surface area (Å²) in [5.41, 5.74) is 1.01. The summed E-state index contributed by atoms with van der Waals surface area (Å²) >= 11 is 0. The SMILES string of the molecule is [C-]#[N+]C(CC[Si](C)(C)C(C)(C)C)S(=O)(=O)c1ccc(C)cc1. The van der Waals surface area contributed by atoms with Crippen molar-refractivity contribution in [2.24, 2.45) is 0 Å². The Morgan fingerprint density at radius 1 is 1.18 bits per heavy atom. The summed E-state index contributed by atoms with van der Waals surface area (Å²) in [4.78, 5) is 3.69. The Hall–Kier alpha value is -1.12. The lowest BCUT2D eigenvalue weighted by Gasteiger charge is -2.37. The van der Waals surface area contributed by atoms with Gasteiger partial charge in [0, 0.05) is 6.42 Å². The highest BCUT2D eigenvalue weighted by molar-refractivity contribution is 7.92. The van der Waals surface area contributed by atoms with E-state index in [0.717, 1.165) is 11.6 Å². The molecule has 0 aliphatic carbocycles. The summed E-state index contributed by atoms with van der Waals surface area (Å²) in [7, 11) is -5.15. The summed E-state index contributed by atoms with van der Waals surface area (Å²) < 4.78 is 25.3. The molecule has 1 aromatic carbocycles. The lowest BCUT2D eigenvalue weighted by molar-refractivity contribution is 0.585. The standard InChI is InChI=1S/C17H27NO2SSi/c1-14-8-10-15(11-9-14)21(19,20)16(18-5)12-13-22(6,7)17(2,3)4/h8-11,16H,12-13H2,1-4,6-7H3. The van der Waals surface area contributed by atoms with Gasteiger partial charge in [0.1, 0.15) is 0 Å². The van der Waals surface area contributed by atoms with Crippen LogP contribution in [0.15, 0.2) is 29.2 Å². The highest BCUT2D eigenvalue weighted by Gasteiger charge is 2.39. The van der Waals surface area contributed by atoms with E-state index in [1.807, 2.05) is 6.92 Å². The van der Waals surface area contributed by atoms with Gasteiger partial charge in [0.05, 0.1) is 13.0 Å². The van der Waals surface area contributed by atoms with Gasteiger partial charge < -0.3 is 0 Å². The molecule has 0 aliphatic heterocycles. The Kier molecular flexibility index (Phi) is 5.64. The number of hydrogen-bond acceptors (Lipinski definition) is 2. The van der Waals surface area contributed by atoms with Crippen LogP contribution < -0.4 is 0 Å². The first-order valence-corrected chi connectivity index (χ1v) is 12.3. The Balaban J connectivity index is 2.98. The van der Waals surface area contributed by atoms with E-state index in [4.69, 9.17) is 6.57 Å². The molecule has 0 radical (unpaired) electrons. The van der Waals surface area contributed by atoms with E-state index in [-0.39, 0.29) is 9.93 Å². The van der Waals surface area contributed by atoms with Crippen LogP contribution in [0.5, 0.6) is 0 Å². The van der Waals surface area contributed by atoms with Crippen LogP contribution in [0.2, 0.25) is 24.2 Å². The van der Waals surface area contributed by atoms with E-state index in [9.17, 15) is 8.42 Å². The Labute approximate surface area is 136 Å². The van der Waals surface area contributed by atoms with E-state index in [2.05, 4.69) is 38.7 Å². The monoisotopic (exact) mass is 337 g/mol. The average molecular weight is 338 g/mol. The lowest BCUT2D eigenvalue weighted by atomic mass is 10.2. The van der Waals surface area contributed by atoms with Crippen LogP contribution in [-0.2, 0) is 9.84 Å². The van der Waals surface area contributed by atoms with Crippen molar-refractivity contribution in [3.63, 3.8) is 0 Å². The third-order valence-electron chi connectivity index (χ3n) is 4.90. The first kappa shape index (κ1) is 18.9. The van der Waals surface area contributed by atoms with Crippen molar-refractivity contribution in [2.45, 2.75) is 68.6 Å². The molecule has 1 aromatic rings. The van der Waals surface area contributed by atoms with Gasteiger partial charge in [0.15, 0.2) is 0 Å². The molecule has 0 fully saturated rings. The van der Waals surface area contributed by atoms with Crippen molar-refractivity contribution in [1.82, 2.24) is 0 Å². The largest absolute Gasteiger partial charge is 0.324 e. The maximum atomic E-state index is 12.6. The van der Waals surface area contributed by atoms with Crippen LogP contribution in [0.4, 0.5) is 0 Å². The van der Waals surface area contributed by atoms with Gasteiger partial charge >= 0.3 is 5.37 Å². The second-order valence-corrected chi connectivity index (χ2v) is 15.5. The molecule has 1 unspecified atom stereocenters. The Bertz CT molecular complexity index is 649. The number of nitrogens with zero attached hydrogens (tertiary/aromatic N) is 1. The summed E-state index contributed by atoms with van der Waals surface area (Å²) in [6.45, 7) is 20.4.